The van der Waals surface area contributed by atoms with Crippen molar-refractivity contribution in [2.24, 2.45) is 0 Å². The molecule has 8 heteroatoms. The Labute approximate surface area is 351 Å². The predicted octanol–water partition coefficient (Wildman–Crippen LogP) is 11.3. The first kappa shape index (κ1) is 43.1. The van der Waals surface area contributed by atoms with E-state index in [1.54, 1.807) is 0 Å². The summed E-state index contributed by atoms with van der Waals surface area (Å²) in [6.07, 6.45) is 18.3. The number of hydroxylamine groups is 2. The Hall–Kier alpha value is -5.50. The van der Waals surface area contributed by atoms with Gasteiger partial charge in [0.1, 0.15) is 18.1 Å². The Balaban J connectivity index is 1.32. The number of imide groups is 1. The van der Waals surface area contributed by atoms with Gasteiger partial charge in [0.25, 0.3) is 12.3 Å². The summed E-state index contributed by atoms with van der Waals surface area (Å²) < 4.78 is 9.28. The number of hydrogen-bond donors (Lipinski definition) is 0. The minimum Gasteiger partial charge on any atom is -0.457 e. The van der Waals surface area contributed by atoms with Crippen LogP contribution in [-0.4, -0.2) is 46.7 Å². The minimum atomic E-state index is -0.633. The maximum absolute atomic E-state index is 12.3. The number of benzene rings is 3. The van der Waals surface area contributed by atoms with Crippen molar-refractivity contribution >= 4 is 35.4 Å². The molecule has 3 aliphatic rings. The highest BCUT2D eigenvalue weighted by atomic mass is 16.7. The highest BCUT2D eigenvalue weighted by molar-refractivity contribution is 6.03. The van der Waals surface area contributed by atoms with E-state index < -0.39 is 11.9 Å². The lowest BCUT2D eigenvalue weighted by atomic mass is 9.81. The molecule has 0 saturated carbocycles. The molecule has 0 spiro atoms. The first-order valence-electron chi connectivity index (χ1n) is 21.5. The number of allylic oxidation sites excluding steroid dienone is 7. The van der Waals surface area contributed by atoms with E-state index in [4.69, 9.17) is 9.57 Å². The number of carbonyl (C=O) groups excluding carboxylic acids is 3. The molecule has 0 fully saturated rings. The van der Waals surface area contributed by atoms with Gasteiger partial charge in [-0.15, -0.1) is 5.06 Å². The van der Waals surface area contributed by atoms with Crippen LogP contribution in [0.15, 0.2) is 120 Å². The van der Waals surface area contributed by atoms with Crippen LogP contribution in [0.1, 0.15) is 122 Å². The van der Waals surface area contributed by atoms with Gasteiger partial charge in [0.05, 0.1) is 5.41 Å². The molecule has 2 aliphatic heterocycles. The fourth-order valence-corrected chi connectivity index (χ4v) is 8.78. The molecule has 1 aliphatic carbocycles. The second-order valence-corrected chi connectivity index (χ2v) is 17.1. The molecule has 8 nitrogen and oxygen atoms in total. The van der Waals surface area contributed by atoms with Crippen molar-refractivity contribution in [3.8, 4) is 5.75 Å². The standard InChI is InChI=1S/C51H62N3O5/c1-8-9-17-33-53-45-30-27-37(2)35-43(45)51(6,7)47(53)32-29-40-21-19-20-39(49(40)58-41-22-12-10-13-23-41)28-31-46-50(4,5)42-24-15-16-25-44(42)52(46)34-18-11-14-26-48(57)59-54(36-55)38(3)56/h10,12-13,15-16,22-25,27-32,35-36H,8-9,11,14,17-21,26,33-34H2,1-7H3/q+1. The maximum Gasteiger partial charge on any atom is 0.333 e. The third-order valence-corrected chi connectivity index (χ3v) is 12.0. The Morgan fingerprint density at radius 3 is 2.36 bits per heavy atom. The van der Waals surface area contributed by atoms with Gasteiger partial charge in [-0.25, -0.2) is 4.79 Å². The van der Waals surface area contributed by atoms with Gasteiger partial charge in [0, 0.05) is 60.8 Å². The van der Waals surface area contributed by atoms with E-state index >= 15 is 0 Å². The second kappa shape index (κ2) is 19.0. The lowest BCUT2D eigenvalue weighted by Gasteiger charge is -2.27. The third-order valence-electron chi connectivity index (χ3n) is 12.0. The van der Waals surface area contributed by atoms with Crippen molar-refractivity contribution in [2.45, 2.75) is 124 Å². The summed E-state index contributed by atoms with van der Waals surface area (Å²) in [6.45, 7) is 16.7. The smallest absolute Gasteiger partial charge is 0.333 e. The van der Waals surface area contributed by atoms with E-state index in [1.165, 1.54) is 70.4 Å². The Morgan fingerprint density at radius 1 is 0.847 bits per heavy atom. The van der Waals surface area contributed by atoms with Crippen molar-refractivity contribution in [1.82, 2.24) is 5.06 Å². The molecule has 0 N–H and O–H groups in total. The zero-order chi connectivity index (χ0) is 42.2. The molecule has 310 valence electrons. The van der Waals surface area contributed by atoms with E-state index in [0.29, 0.717) is 11.5 Å². The number of nitrogens with zero attached hydrogens (tertiary/aromatic N) is 3. The van der Waals surface area contributed by atoms with Crippen LogP contribution in [0, 0.1) is 6.92 Å². The maximum atomic E-state index is 12.3. The van der Waals surface area contributed by atoms with Crippen LogP contribution in [0.5, 0.6) is 5.75 Å². The van der Waals surface area contributed by atoms with Crippen LogP contribution >= 0.6 is 0 Å². The zero-order valence-corrected chi connectivity index (χ0v) is 36.2. The Kier molecular flexibility index (Phi) is 13.9. The number of hydrogen-bond acceptors (Lipinski definition) is 6. The van der Waals surface area contributed by atoms with Crippen LogP contribution < -0.4 is 9.64 Å². The summed E-state index contributed by atoms with van der Waals surface area (Å²) in [5.74, 6) is 0.533. The van der Waals surface area contributed by atoms with E-state index in [9.17, 15) is 14.4 Å². The summed E-state index contributed by atoms with van der Waals surface area (Å²) in [5, 5.41) is 0.437. The van der Waals surface area contributed by atoms with Crippen molar-refractivity contribution in [3.05, 3.63) is 136 Å². The van der Waals surface area contributed by atoms with Gasteiger partial charge in [0.15, 0.2) is 5.71 Å². The highest BCUT2D eigenvalue weighted by Gasteiger charge is 2.44. The molecule has 59 heavy (non-hydrogen) atoms. The van der Waals surface area contributed by atoms with Gasteiger partial charge in [-0.05, 0) is 106 Å². The van der Waals surface area contributed by atoms with Gasteiger partial charge in [-0.1, -0.05) is 93.8 Å². The molecule has 3 aromatic rings. The highest BCUT2D eigenvalue weighted by Crippen LogP contribution is 2.48. The summed E-state index contributed by atoms with van der Waals surface area (Å²) in [6, 6.07) is 25.7. The first-order chi connectivity index (χ1) is 28.4. The molecule has 0 radical (unpaired) electrons. The Bertz CT molecular complexity index is 2190. The molecule has 3 aromatic carbocycles. The summed E-state index contributed by atoms with van der Waals surface area (Å²) in [7, 11) is 0. The minimum absolute atomic E-state index is 0.127. The van der Waals surface area contributed by atoms with Crippen LogP contribution in [0.3, 0.4) is 0 Å². The number of unbranched alkanes of at least 4 members (excludes halogenated alkanes) is 4. The van der Waals surface area contributed by atoms with Crippen LogP contribution in [0.25, 0.3) is 0 Å². The molecule has 0 bridgehead atoms. The number of anilines is 1. The van der Waals surface area contributed by atoms with Gasteiger partial charge in [0.2, 0.25) is 5.69 Å². The van der Waals surface area contributed by atoms with E-state index in [-0.39, 0.29) is 23.7 Å². The molecule has 0 saturated heterocycles. The molecular formula is C51H62N3O5+. The van der Waals surface area contributed by atoms with E-state index in [2.05, 4.69) is 118 Å². The third kappa shape index (κ3) is 9.70. The molecule has 2 amide bonds. The molecule has 6 rings (SSSR count). The van der Waals surface area contributed by atoms with Gasteiger partial charge < -0.3 is 14.5 Å². The number of carbonyl (C=O) groups is 3. The average Bonchev–Trinajstić information content (AvgIpc) is 3.56. The summed E-state index contributed by atoms with van der Waals surface area (Å²) in [4.78, 5) is 42.2. The number of aryl methyl sites for hydroxylation is 1. The van der Waals surface area contributed by atoms with Crippen molar-refractivity contribution in [1.29, 1.82) is 0 Å². The zero-order valence-electron chi connectivity index (χ0n) is 36.2. The average molecular weight is 797 g/mol. The lowest BCUT2D eigenvalue weighted by Crippen LogP contribution is -2.30. The Morgan fingerprint density at radius 2 is 1.61 bits per heavy atom. The summed E-state index contributed by atoms with van der Waals surface area (Å²) in [5.41, 5.74) is 11.1. The predicted molar refractivity (Wildman–Crippen MR) is 237 cm³/mol. The van der Waals surface area contributed by atoms with Gasteiger partial charge in [-0.3, -0.25) is 9.59 Å². The molecule has 2 heterocycles. The molecule has 0 atom stereocenters. The quantitative estimate of drug-likeness (QED) is 0.0622. The SMILES string of the molecule is CCCCCN1/C(=C/C=C2\CCCC(/C=C/C3=[N+](CCCCCC(=O)ON(C=O)C(C)=O)c4ccccc4C3(C)C)=C2Oc2ccccc2)C(C)(C)c2cc(C)ccc21. The van der Waals surface area contributed by atoms with Crippen LogP contribution in [0.4, 0.5) is 11.4 Å². The second-order valence-electron chi connectivity index (χ2n) is 17.1. The normalized spacial score (nSPS) is 18.1. The number of rotatable bonds is 16. The number of fused-ring (bicyclic) bond motifs is 2. The first-order valence-corrected chi connectivity index (χ1v) is 21.5. The van der Waals surface area contributed by atoms with E-state index in [0.717, 1.165) is 63.1 Å². The molecule has 0 unspecified atom stereocenters. The monoisotopic (exact) mass is 796 g/mol. The van der Waals surface area contributed by atoms with Crippen LogP contribution in [-0.2, 0) is 30.1 Å². The van der Waals surface area contributed by atoms with Crippen molar-refractivity contribution in [3.63, 3.8) is 0 Å². The van der Waals surface area contributed by atoms with Crippen molar-refractivity contribution < 1.29 is 28.5 Å². The van der Waals surface area contributed by atoms with Crippen LogP contribution in [0.2, 0.25) is 0 Å². The van der Waals surface area contributed by atoms with E-state index in [1.807, 2.05) is 30.3 Å². The summed E-state index contributed by atoms with van der Waals surface area (Å²) >= 11 is 0. The lowest BCUT2D eigenvalue weighted by molar-refractivity contribution is -0.438. The molecular weight excluding hydrogens is 735 g/mol. The van der Waals surface area contributed by atoms with Crippen molar-refractivity contribution in [2.75, 3.05) is 18.0 Å². The molecule has 0 aromatic heterocycles. The number of para-hydroxylation sites is 2. The number of amides is 2. The fourth-order valence-electron chi connectivity index (χ4n) is 8.78. The number of ether oxygens (including phenoxy) is 1. The van der Waals surface area contributed by atoms with Gasteiger partial charge >= 0.3 is 5.97 Å². The topological polar surface area (TPSA) is 79.2 Å². The largest absolute Gasteiger partial charge is 0.457 e. The fraction of sp³-hybridized carbons (Fsp3) is 0.412. The van der Waals surface area contributed by atoms with Gasteiger partial charge in [-0.2, -0.15) is 4.58 Å².